The Morgan fingerprint density at radius 1 is 1.40 bits per heavy atom. The Kier molecular flexibility index (Phi) is 2.60. The van der Waals surface area contributed by atoms with Gasteiger partial charge >= 0.3 is 5.97 Å². The lowest BCUT2D eigenvalue weighted by molar-refractivity contribution is -0.178. The number of amides is 2. The van der Waals surface area contributed by atoms with Gasteiger partial charge in [0, 0.05) is 6.92 Å². The van der Waals surface area contributed by atoms with Gasteiger partial charge in [-0.15, -0.1) is 0 Å². The zero-order chi connectivity index (χ0) is 14.8. The summed E-state index contributed by atoms with van der Waals surface area (Å²) in [5.41, 5.74) is -0.151. The molecule has 0 aromatic carbocycles. The molecule has 0 radical (unpaired) electrons. The van der Waals surface area contributed by atoms with Crippen molar-refractivity contribution in [2.24, 2.45) is 23.7 Å². The minimum absolute atomic E-state index is 0.0777. The Morgan fingerprint density at radius 3 is 2.60 bits per heavy atom. The van der Waals surface area contributed by atoms with E-state index in [1.807, 2.05) is 13.8 Å². The Morgan fingerprint density at radius 2 is 2.05 bits per heavy atom. The van der Waals surface area contributed by atoms with Crippen molar-refractivity contribution in [2.45, 2.75) is 32.8 Å². The lowest BCUT2D eigenvalue weighted by atomic mass is 9.54. The van der Waals surface area contributed by atoms with Gasteiger partial charge in [0.05, 0.1) is 11.8 Å². The highest BCUT2D eigenvalue weighted by molar-refractivity contribution is 6.05. The third-order valence-corrected chi connectivity index (χ3v) is 4.83. The standard InChI is InChI=1S/C14H17NO5/c1-6-4-14(20-8(3)16)5-7(2)9(6)10-11(14)13(18)15(19)12(10)17/h4,7,9-11,19H,5H2,1-3H3/t7?,9-,10?,11?,14-/m1/s1. The topological polar surface area (TPSA) is 83.9 Å². The van der Waals surface area contributed by atoms with Crippen LogP contribution >= 0.6 is 0 Å². The Labute approximate surface area is 116 Å². The average Bonchev–Trinajstić information content (AvgIpc) is 2.54. The summed E-state index contributed by atoms with van der Waals surface area (Å²) in [6.45, 7) is 5.15. The monoisotopic (exact) mass is 279 g/mol. The minimum atomic E-state index is -1.10. The normalized spacial score (nSPS) is 42.6. The van der Waals surface area contributed by atoms with E-state index in [9.17, 15) is 19.6 Å². The second-order valence-corrected chi connectivity index (χ2v) is 6.14. The summed E-state index contributed by atoms with van der Waals surface area (Å²) in [4.78, 5) is 35.8. The molecular weight excluding hydrogens is 262 g/mol. The van der Waals surface area contributed by atoms with Crippen LogP contribution in [0.25, 0.3) is 0 Å². The summed E-state index contributed by atoms with van der Waals surface area (Å²) < 4.78 is 5.46. The summed E-state index contributed by atoms with van der Waals surface area (Å²) in [5.74, 6) is -3.12. The van der Waals surface area contributed by atoms with Crippen LogP contribution in [0.15, 0.2) is 11.6 Å². The average molecular weight is 279 g/mol. The third-order valence-electron chi connectivity index (χ3n) is 4.83. The van der Waals surface area contributed by atoms with E-state index in [2.05, 4.69) is 0 Å². The van der Waals surface area contributed by atoms with E-state index in [4.69, 9.17) is 4.74 Å². The van der Waals surface area contributed by atoms with Crippen LogP contribution in [0.3, 0.4) is 0 Å². The van der Waals surface area contributed by atoms with Gasteiger partial charge in [0.2, 0.25) is 0 Å². The second-order valence-electron chi connectivity index (χ2n) is 6.14. The van der Waals surface area contributed by atoms with Gasteiger partial charge in [-0.05, 0) is 31.3 Å². The summed E-state index contributed by atoms with van der Waals surface area (Å²) in [5, 5.41) is 9.85. The number of esters is 1. The van der Waals surface area contributed by atoms with E-state index in [1.165, 1.54) is 6.92 Å². The molecule has 1 saturated heterocycles. The van der Waals surface area contributed by atoms with Gasteiger partial charge in [0.1, 0.15) is 5.60 Å². The van der Waals surface area contributed by atoms with Crippen LogP contribution in [-0.2, 0) is 19.1 Å². The summed E-state index contributed by atoms with van der Waals surface area (Å²) >= 11 is 0. The molecule has 0 spiro atoms. The number of nitrogens with zero attached hydrogens (tertiary/aromatic N) is 1. The molecule has 2 fully saturated rings. The number of hydrogen-bond acceptors (Lipinski definition) is 5. The fraction of sp³-hybridized carbons (Fsp3) is 0.643. The molecule has 0 aromatic rings. The molecule has 1 heterocycles. The van der Waals surface area contributed by atoms with Gasteiger partial charge < -0.3 is 4.74 Å². The maximum absolute atomic E-state index is 12.2. The zero-order valence-corrected chi connectivity index (χ0v) is 11.6. The molecule has 0 aromatic heterocycles. The van der Waals surface area contributed by atoms with Gasteiger partial charge in [-0.1, -0.05) is 12.5 Å². The fourth-order valence-electron chi connectivity index (χ4n) is 4.43. The number of carbonyl (C=O) groups excluding carboxylic acids is 3. The first-order valence-electron chi connectivity index (χ1n) is 6.74. The Hall–Kier alpha value is -1.69. The number of ether oxygens (including phenoxy) is 1. The number of fused-ring (bicyclic) bond motifs is 1. The van der Waals surface area contributed by atoms with Crippen molar-refractivity contribution in [1.82, 2.24) is 5.06 Å². The van der Waals surface area contributed by atoms with Gasteiger partial charge in [-0.3, -0.25) is 19.6 Å². The summed E-state index contributed by atoms with van der Waals surface area (Å²) in [6.07, 6.45) is 2.30. The number of rotatable bonds is 1. The van der Waals surface area contributed by atoms with Gasteiger partial charge in [-0.2, -0.15) is 5.06 Å². The smallest absolute Gasteiger partial charge is 0.303 e. The quantitative estimate of drug-likeness (QED) is 0.333. The maximum Gasteiger partial charge on any atom is 0.303 e. The van der Waals surface area contributed by atoms with Crippen LogP contribution in [0, 0.1) is 23.7 Å². The zero-order valence-electron chi connectivity index (χ0n) is 11.6. The molecule has 5 atom stereocenters. The lowest BCUT2D eigenvalue weighted by Gasteiger charge is -2.52. The van der Waals surface area contributed by atoms with Crippen LogP contribution in [0.4, 0.5) is 0 Å². The number of hydroxylamine groups is 2. The van der Waals surface area contributed by atoms with Crippen LogP contribution in [0.5, 0.6) is 0 Å². The van der Waals surface area contributed by atoms with Crippen LogP contribution in [0.1, 0.15) is 27.2 Å². The fourth-order valence-corrected chi connectivity index (χ4v) is 4.43. The van der Waals surface area contributed by atoms with Gasteiger partial charge in [0.25, 0.3) is 11.8 Å². The SMILES string of the molecule is CC(=O)O[C@]12C=C(C)[C@H](C(C)C1)C1C(=O)N(O)C(=O)C12. The molecule has 4 rings (SSSR count). The Bertz CT molecular complexity index is 554. The Balaban J connectivity index is 2.16. The van der Waals surface area contributed by atoms with Crippen LogP contribution in [0.2, 0.25) is 0 Å². The van der Waals surface area contributed by atoms with Crippen molar-refractivity contribution in [1.29, 1.82) is 0 Å². The highest BCUT2D eigenvalue weighted by Crippen LogP contribution is 2.57. The largest absolute Gasteiger partial charge is 0.454 e. The molecule has 1 aliphatic heterocycles. The molecule has 108 valence electrons. The molecule has 3 unspecified atom stereocenters. The molecule has 1 N–H and O–H groups in total. The molecule has 3 aliphatic carbocycles. The minimum Gasteiger partial charge on any atom is -0.454 e. The molecule has 1 saturated carbocycles. The van der Waals surface area contributed by atoms with Gasteiger partial charge in [-0.25, -0.2) is 0 Å². The van der Waals surface area contributed by atoms with Crippen molar-refractivity contribution in [3.05, 3.63) is 11.6 Å². The summed E-state index contributed by atoms with van der Waals surface area (Å²) in [7, 11) is 0. The first-order valence-corrected chi connectivity index (χ1v) is 6.74. The molecule has 2 amide bonds. The van der Waals surface area contributed by atoms with Crippen molar-refractivity contribution in [3.8, 4) is 0 Å². The van der Waals surface area contributed by atoms with E-state index in [0.29, 0.717) is 6.42 Å². The molecule has 2 bridgehead atoms. The molecule has 6 nitrogen and oxygen atoms in total. The second kappa shape index (κ2) is 3.91. The third kappa shape index (κ3) is 1.45. The predicted octanol–water partition coefficient (Wildman–Crippen LogP) is 0.895. The number of hydrogen-bond donors (Lipinski definition) is 1. The highest BCUT2D eigenvalue weighted by Gasteiger charge is 2.67. The van der Waals surface area contributed by atoms with E-state index in [-0.39, 0.29) is 16.9 Å². The molecule has 20 heavy (non-hydrogen) atoms. The van der Waals surface area contributed by atoms with Gasteiger partial charge in [0.15, 0.2) is 0 Å². The van der Waals surface area contributed by atoms with Crippen molar-refractivity contribution in [2.75, 3.05) is 0 Å². The molecule has 4 aliphatic rings. The first kappa shape index (κ1) is 13.3. The van der Waals surface area contributed by atoms with E-state index >= 15 is 0 Å². The van der Waals surface area contributed by atoms with E-state index in [0.717, 1.165) is 5.57 Å². The van der Waals surface area contributed by atoms with Crippen LogP contribution < -0.4 is 0 Å². The summed E-state index contributed by atoms with van der Waals surface area (Å²) in [6, 6.07) is 0. The molecular formula is C14H17NO5. The van der Waals surface area contributed by atoms with Crippen molar-refractivity contribution >= 4 is 17.8 Å². The first-order chi connectivity index (χ1) is 9.28. The number of allylic oxidation sites excluding steroid dienone is 1. The maximum atomic E-state index is 12.2. The predicted molar refractivity (Wildman–Crippen MR) is 66.1 cm³/mol. The number of carbonyl (C=O) groups is 3. The van der Waals surface area contributed by atoms with Crippen LogP contribution in [-0.4, -0.2) is 33.7 Å². The lowest BCUT2D eigenvalue weighted by Crippen LogP contribution is -2.57. The highest BCUT2D eigenvalue weighted by atomic mass is 16.6. The van der Waals surface area contributed by atoms with Crippen molar-refractivity contribution in [3.63, 3.8) is 0 Å². The van der Waals surface area contributed by atoms with Crippen molar-refractivity contribution < 1.29 is 24.3 Å². The molecule has 6 heteroatoms. The van der Waals surface area contributed by atoms with E-state index < -0.39 is 35.2 Å². The van der Waals surface area contributed by atoms with E-state index in [1.54, 1.807) is 6.08 Å². The number of imide groups is 1.